The van der Waals surface area contributed by atoms with E-state index in [1.807, 2.05) is 0 Å². The molecule has 0 radical (unpaired) electrons. The first-order valence-corrected chi connectivity index (χ1v) is 7.43. The van der Waals surface area contributed by atoms with Crippen LogP contribution in [0.3, 0.4) is 0 Å². The summed E-state index contributed by atoms with van der Waals surface area (Å²) in [6.45, 7) is 0. The lowest BCUT2D eigenvalue weighted by molar-refractivity contribution is -0.323. The minimum absolute atomic E-state index is 0.244. The number of carbonyl (C=O) groups is 1. The second kappa shape index (κ2) is 7.36. The third-order valence-corrected chi connectivity index (χ3v) is 3.95. The number of alkyl halides is 6. The molecule has 1 N–H and O–H groups in total. The molecule has 0 spiro atoms. The summed E-state index contributed by atoms with van der Waals surface area (Å²) in [6.07, 6.45) is -14.1. The van der Waals surface area contributed by atoms with Crippen LogP contribution in [-0.2, 0) is 11.2 Å². The number of hydrogen-bond acceptors (Lipinski definition) is 1. The molecule has 2 rings (SSSR count). The first-order chi connectivity index (χ1) is 12.8. The van der Waals surface area contributed by atoms with Crippen molar-refractivity contribution < 1.29 is 44.3 Å². The van der Waals surface area contributed by atoms with Crippen LogP contribution in [0.25, 0.3) is 0 Å². The molecular weight excluding hydrogens is 405 g/mol. The molecule has 11 heteroatoms. The van der Waals surface area contributed by atoms with Gasteiger partial charge < -0.3 is 5.32 Å². The molecule has 0 atom stereocenters. The lowest BCUT2D eigenvalue weighted by atomic mass is 9.78. The van der Waals surface area contributed by atoms with Gasteiger partial charge in [0.05, 0.1) is 5.69 Å². The third-order valence-electron chi connectivity index (χ3n) is 3.95. The van der Waals surface area contributed by atoms with Gasteiger partial charge in [0.25, 0.3) is 0 Å². The van der Waals surface area contributed by atoms with Crippen LogP contribution in [0.4, 0.5) is 45.2 Å². The average molecular weight is 415 g/mol. The van der Waals surface area contributed by atoms with Crippen LogP contribution in [0.5, 0.6) is 0 Å². The number of rotatable bonds is 4. The maximum absolute atomic E-state index is 13.6. The van der Waals surface area contributed by atoms with Gasteiger partial charge >= 0.3 is 12.4 Å². The van der Waals surface area contributed by atoms with E-state index in [-0.39, 0.29) is 6.07 Å². The Morgan fingerprint density at radius 2 is 1.32 bits per heavy atom. The largest absolute Gasteiger partial charge is 0.412 e. The molecule has 0 saturated heterocycles. The SMILES string of the molecule is O=C(Nc1ccc(F)c(F)c1F)C(Cc1ccccc1)(C(F)(F)F)C(F)(F)F. The highest BCUT2D eigenvalue weighted by Crippen LogP contribution is 2.53. The van der Waals surface area contributed by atoms with Crippen molar-refractivity contribution >= 4 is 11.6 Å². The van der Waals surface area contributed by atoms with E-state index in [4.69, 9.17) is 0 Å². The summed E-state index contributed by atoms with van der Waals surface area (Å²) in [4.78, 5) is 12.1. The molecule has 1 amide bonds. The topological polar surface area (TPSA) is 29.1 Å². The lowest BCUT2D eigenvalue weighted by Crippen LogP contribution is -2.59. The van der Waals surface area contributed by atoms with Crippen LogP contribution in [-0.4, -0.2) is 18.3 Å². The Morgan fingerprint density at radius 1 is 0.786 bits per heavy atom. The van der Waals surface area contributed by atoms with Crippen molar-refractivity contribution in [2.75, 3.05) is 5.32 Å². The zero-order valence-electron chi connectivity index (χ0n) is 13.6. The number of nitrogens with one attached hydrogen (secondary N) is 1. The van der Waals surface area contributed by atoms with Gasteiger partial charge in [-0.3, -0.25) is 4.79 Å². The van der Waals surface area contributed by atoms with Gasteiger partial charge in [0.2, 0.25) is 11.3 Å². The van der Waals surface area contributed by atoms with Gasteiger partial charge in [-0.15, -0.1) is 0 Å². The fourth-order valence-electron chi connectivity index (χ4n) is 2.45. The van der Waals surface area contributed by atoms with Gasteiger partial charge in [0, 0.05) is 6.42 Å². The highest BCUT2D eigenvalue weighted by atomic mass is 19.4. The van der Waals surface area contributed by atoms with E-state index in [0.717, 1.165) is 17.4 Å². The van der Waals surface area contributed by atoms with Gasteiger partial charge in [-0.25, -0.2) is 13.2 Å². The molecule has 0 aromatic heterocycles. The van der Waals surface area contributed by atoms with Crippen LogP contribution < -0.4 is 5.32 Å². The van der Waals surface area contributed by atoms with Gasteiger partial charge in [-0.2, -0.15) is 26.3 Å². The van der Waals surface area contributed by atoms with Gasteiger partial charge in [-0.05, 0) is 17.7 Å². The summed E-state index contributed by atoms with van der Waals surface area (Å²) in [7, 11) is 0. The Bertz CT molecular complexity index is 845. The Morgan fingerprint density at radius 3 is 1.82 bits per heavy atom. The van der Waals surface area contributed by atoms with Crippen LogP contribution in [0.1, 0.15) is 5.56 Å². The van der Waals surface area contributed by atoms with Gasteiger partial charge in [-0.1, -0.05) is 30.3 Å². The van der Waals surface area contributed by atoms with E-state index in [0.29, 0.717) is 6.07 Å². The Labute approximate surface area is 152 Å². The molecule has 2 aromatic rings. The predicted octanol–water partition coefficient (Wildman–Crippen LogP) is 5.40. The summed E-state index contributed by atoms with van der Waals surface area (Å²) in [5, 5.41) is 1.09. The molecule has 0 saturated carbocycles. The number of halogens is 9. The molecular formula is C17H10F9NO. The first-order valence-electron chi connectivity index (χ1n) is 7.43. The van der Waals surface area contributed by atoms with Gasteiger partial charge in [0.1, 0.15) is 0 Å². The zero-order valence-corrected chi connectivity index (χ0v) is 13.6. The van der Waals surface area contributed by atoms with Crippen LogP contribution in [0, 0.1) is 22.9 Å². The average Bonchev–Trinajstić information content (AvgIpc) is 2.58. The molecule has 0 fully saturated rings. The monoisotopic (exact) mass is 415 g/mol. The fraction of sp³-hybridized carbons (Fsp3) is 0.235. The lowest BCUT2D eigenvalue weighted by Gasteiger charge is -2.36. The zero-order chi connectivity index (χ0) is 21.3. The van der Waals surface area contributed by atoms with Crippen molar-refractivity contribution in [3.8, 4) is 0 Å². The van der Waals surface area contributed by atoms with Crippen molar-refractivity contribution in [3.05, 3.63) is 65.5 Å². The van der Waals surface area contributed by atoms with E-state index in [9.17, 15) is 44.3 Å². The molecule has 0 heterocycles. The number of anilines is 1. The Hall–Kier alpha value is -2.72. The van der Waals surface area contributed by atoms with Crippen molar-refractivity contribution in [1.82, 2.24) is 0 Å². The highest BCUT2D eigenvalue weighted by Gasteiger charge is 2.75. The minimum atomic E-state index is -6.14. The molecule has 0 aliphatic rings. The minimum Gasteiger partial charge on any atom is -0.322 e. The van der Waals surface area contributed by atoms with Crippen molar-refractivity contribution in [2.45, 2.75) is 18.8 Å². The van der Waals surface area contributed by atoms with Crippen LogP contribution >= 0.6 is 0 Å². The summed E-state index contributed by atoms with van der Waals surface area (Å²) < 4.78 is 121. The van der Waals surface area contributed by atoms with Crippen molar-refractivity contribution in [1.29, 1.82) is 0 Å². The molecule has 0 unspecified atom stereocenters. The van der Waals surface area contributed by atoms with E-state index in [1.54, 1.807) is 0 Å². The molecule has 0 aliphatic carbocycles. The summed E-state index contributed by atoms with van der Waals surface area (Å²) in [6, 6.07) is 6.11. The number of hydrogen-bond donors (Lipinski definition) is 1. The van der Waals surface area contributed by atoms with Crippen molar-refractivity contribution in [2.24, 2.45) is 5.41 Å². The van der Waals surface area contributed by atoms with E-state index < -0.39 is 58.8 Å². The molecule has 152 valence electrons. The molecule has 2 aromatic carbocycles. The predicted molar refractivity (Wildman–Crippen MR) is 79.6 cm³/mol. The fourth-order valence-corrected chi connectivity index (χ4v) is 2.45. The molecule has 0 aliphatic heterocycles. The second-order valence-electron chi connectivity index (χ2n) is 5.74. The van der Waals surface area contributed by atoms with E-state index >= 15 is 0 Å². The quantitative estimate of drug-likeness (QED) is 0.526. The number of carbonyl (C=O) groups excluding carboxylic acids is 1. The summed E-state index contributed by atoms with van der Waals surface area (Å²) in [5.74, 6) is -8.71. The number of amides is 1. The van der Waals surface area contributed by atoms with Crippen molar-refractivity contribution in [3.63, 3.8) is 0 Å². The standard InChI is InChI=1S/C17H10F9NO/c18-10-6-7-11(13(20)12(10)19)27-14(28)15(16(21,22)23,17(24,25)26)8-9-4-2-1-3-5-9/h1-7H,8H2,(H,27,28). The molecule has 2 nitrogen and oxygen atoms in total. The molecule has 0 bridgehead atoms. The number of benzene rings is 2. The van der Waals surface area contributed by atoms with E-state index in [2.05, 4.69) is 0 Å². The first kappa shape index (κ1) is 21.6. The normalized spacial score (nSPS) is 12.8. The summed E-state index contributed by atoms with van der Waals surface area (Å²) >= 11 is 0. The van der Waals surface area contributed by atoms with Crippen LogP contribution in [0.2, 0.25) is 0 Å². The molecule has 28 heavy (non-hydrogen) atoms. The summed E-state index contributed by atoms with van der Waals surface area (Å²) in [5.41, 5.74) is -6.80. The third kappa shape index (κ3) is 3.78. The smallest absolute Gasteiger partial charge is 0.322 e. The van der Waals surface area contributed by atoms with Crippen LogP contribution in [0.15, 0.2) is 42.5 Å². The Kier molecular flexibility index (Phi) is 5.67. The second-order valence-corrected chi connectivity index (χ2v) is 5.74. The highest BCUT2D eigenvalue weighted by molar-refractivity contribution is 5.97. The van der Waals surface area contributed by atoms with E-state index in [1.165, 1.54) is 18.2 Å². The maximum Gasteiger partial charge on any atom is 0.412 e. The van der Waals surface area contributed by atoms with Gasteiger partial charge in [0.15, 0.2) is 17.5 Å². The maximum atomic E-state index is 13.6. The Balaban J connectivity index is 2.58.